The SMILES string of the molecule is CCNC(C)c1ccc(N2CCC(C(C)O)C2)c(Cl)c1. The molecule has 0 radical (unpaired) electrons. The van der Waals surface area contributed by atoms with Crippen LogP contribution >= 0.6 is 11.6 Å². The number of aliphatic hydroxyl groups excluding tert-OH is 1. The molecule has 1 aliphatic rings. The predicted octanol–water partition coefficient (Wildman–Crippen LogP) is 3.22. The molecule has 20 heavy (non-hydrogen) atoms. The number of hydrogen-bond acceptors (Lipinski definition) is 3. The van der Waals surface area contributed by atoms with Gasteiger partial charge in [0.15, 0.2) is 0 Å². The van der Waals surface area contributed by atoms with Gasteiger partial charge in [0.2, 0.25) is 0 Å². The molecule has 1 aromatic carbocycles. The summed E-state index contributed by atoms with van der Waals surface area (Å²) >= 11 is 6.45. The summed E-state index contributed by atoms with van der Waals surface area (Å²) in [6.07, 6.45) is 0.788. The molecule has 0 saturated carbocycles. The van der Waals surface area contributed by atoms with Gasteiger partial charge < -0.3 is 15.3 Å². The van der Waals surface area contributed by atoms with Gasteiger partial charge in [0.05, 0.1) is 16.8 Å². The Morgan fingerprint density at radius 1 is 1.45 bits per heavy atom. The average molecular weight is 297 g/mol. The number of nitrogens with one attached hydrogen (secondary N) is 1. The second kappa shape index (κ2) is 6.79. The molecule has 4 heteroatoms. The molecule has 2 N–H and O–H groups in total. The summed E-state index contributed by atoms with van der Waals surface area (Å²) in [5.41, 5.74) is 2.30. The zero-order valence-corrected chi connectivity index (χ0v) is 13.3. The van der Waals surface area contributed by atoms with Crippen LogP contribution < -0.4 is 10.2 Å². The van der Waals surface area contributed by atoms with Crippen molar-refractivity contribution in [3.8, 4) is 0 Å². The van der Waals surface area contributed by atoms with E-state index in [1.54, 1.807) is 0 Å². The minimum atomic E-state index is -0.244. The summed E-state index contributed by atoms with van der Waals surface area (Å²) in [4.78, 5) is 2.28. The van der Waals surface area contributed by atoms with Crippen LogP contribution in [0.5, 0.6) is 0 Å². The van der Waals surface area contributed by atoms with Crippen LogP contribution in [-0.4, -0.2) is 30.8 Å². The number of aliphatic hydroxyl groups is 1. The van der Waals surface area contributed by atoms with E-state index >= 15 is 0 Å². The van der Waals surface area contributed by atoms with Crippen LogP contribution in [0.25, 0.3) is 0 Å². The number of rotatable bonds is 5. The van der Waals surface area contributed by atoms with Gasteiger partial charge in [0.1, 0.15) is 0 Å². The van der Waals surface area contributed by atoms with Crippen LogP contribution in [0.1, 0.15) is 38.8 Å². The first-order valence-electron chi connectivity index (χ1n) is 7.48. The van der Waals surface area contributed by atoms with Gasteiger partial charge in [0, 0.05) is 25.0 Å². The summed E-state index contributed by atoms with van der Waals surface area (Å²) in [7, 11) is 0. The van der Waals surface area contributed by atoms with E-state index in [1.807, 2.05) is 6.92 Å². The predicted molar refractivity (Wildman–Crippen MR) is 85.5 cm³/mol. The number of hydrogen-bond donors (Lipinski definition) is 2. The van der Waals surface area contributed by atoms with Gasteiger partial charge in [-0.3, -0.25) is 0 Å². The van der Waals surface area contributed by atoms with Crippen LogP contribution in [0.2, 0.25) is 5.02 Å². The Kier molecular flexibility index (Phi) is 5.30. The highest BCUT2D eigenvalue weighted by Crippen LogP contribution is 2.33. The standard InChI is InChI=1S/C16H25ClN2O/c1-4-18-11(2)13-5-6-16(15(17)9-13)19-8-7-14(10-19)12(3)20/h5-6,9,11-12,14,18,20H,4,7-8,10H2,1-3H3. The normalized spacial score (nSPS) is 22.1. The first-order valence-corrected chi connectivity index (χ1v) is 7.86. The summed E-state index contributed by atoms with van der Waals surface area (Å²) < 4.78 is 0. The Morgan fingerprint density at radius 2 is 2.20 bits per heavy atom. The second-order valence-electron chi connectivity index (χ2n) is 5.73. The van der Waals surface area contributed by atoms with E-state index in [0.29, 0.717) is 12.0 Å². The largest absolute Gasteiger partial charge is 0.393 e. The Hall–Kier alpha value is -0.770. The lowest BCUT2D eigenvalue weighted by molar-refractivity contribution is 0.136. The first-order chi connectivity index (χ1) is 9.52. The van der Waals surface area contributed by atoms with Gasteiger partial charge >= 0.3 is 0 Å². The van der Waals surface area contributed by atoms with E-state index in [9.17, 15) is 5.11 Å². The molecule has 1 aliphatic heterocycles. The molecule has 1 aromatic rings. The molecule has 2 rings (SSSR count). The highest BCUT2D eigenvalue weighted by Gasteiger charge is 2.27. The van der Waals surface area contributed by atoms with Crippen molar-refractivity contribution in [2.24, 2.45) is 5.92 Å². The first kappa shape index (κ1) is 15.6. The molecule has 1 fully saturated rings. The highest BCUT2D eigenvalue weighted by atomic mass is 35.5. The van der Waals surface area contributed by atoms with Gasteiger partial charge in [-0.2, -0.15) is 0 Å². The molecule has 3 unspecified atom stereocenters. The molecule has 1 heterocycles. The minimum absolute atomic E-state index is 0.244. The number of nitrogens with zero attached hydrogens (tertiary/aromatic N) is 1. The van der Waals surface area contributed by atoms with Crippen LogP contribution in [0.3, 0.4) is 0 Å². The third-order valence-electron chi connectivity index (χ3n) is 4.23. The molecule has 0 aromatic heterocycles. The lowest BCUT2D eigenvalue weighted by atomic mass is 10.0. The van der Waals surface area contributed by atoms with E-state index in [-0.39, 0.29) is 6.10 Å². The average Bonchev–Trinajstić information content (AvgIpc) is 2.88. The quantitative estimate of drug-likeness (QED) is 0.876. The zero-order chi connectivity index (χ0) is 14.7. The summed E-state index contributed by atoms with van der Waals surface area (Å²) in [5, 5.41) is 13.9. The van der Waals surface area contributed by atoms with Crippen molar-refractivity contribution >= 4 is 17.3 Å². The maximum Gasteiger partial charge on any atom is 0.0642 e. The van der Waals surface area contributed by atoms with Gasteiger partial charge in [-0.1, -0.05) is 24.6 Å². The van der Waals surface area contributed by atoms with E-state index in [1.165, 1.54) is 5.56 Å². The Bertz CT molecular complexity index is 450. The summed E-state index contributed by atoms with van der Waals surface area (Å²) in [6, 6.07) is 6.62. The highest BCUT2D eigenvalue weighted by molar-refractivity contribution is 6.33. The molecular formula is C16H25ClN2O. The van der Waals surface area contributed by atoms with Crippen molar-refractivity contribution in [2.45, 2.75) is 39.3 Å². The molecule has 0 bridgehead atoms. The number of halogens is 1. The minimum Gasteiger partial charge on any atom is -0.393 e. The third kappa shape index (κ3) is 3.46. The maximum absolute atomic E-state index is 9.69. The van der Waals surface area contributed by atoms with E-state index in [0.717, 1.165) is 36.8 Å². The van der Waals surface area contributed by atoms with Gasteiger partial charge in [0.25, 0.3) is 0 Å². The van der Waals surface area contributed by atoms with Crippen molar-refractivity contribution in [3.63, 3.8) is 0 Å². The van der Waals surface area contributed by atoms with Crippen molar-refractivity contribution < 1.29 is 5.11 Å². The van der Waals surface area contributed by atoms with Gasteiger partial charge in [-0.05, 0) is 44.5 Å². The molecule has 1 saturated heterocycles. The molecular weight excluding hydrogens is 272 g/mol. The summed E-state index contributed by atoms with van der Waals surface area (Å²) in [6.45, 7) is 8.93. The molecule has 0 aliphatic carbocycles. The Labute approximate surface area is 126 Å². The van der Waals surface area contributed by atoms with Crippen molar-refractivity contribution in [1.29, 1.82) is 0 Å². The van der Waals surface area contributed by atoms with E-state index in [4.69, 9.17) is 11.6 Å². The topological polar surface area (TPSA) is 35.5 Å². The smallest absolute Gasteiger partial charge is 0.0642 e. The fraction of sp³-hybridized carbons (Fsp3) is 0.625. The van der Waals surface area contributed by atoms with Gasteiger partial charge in [-0.15, -0.1) is 0 Å². The van der Waals surface area contributed by atoms with Crippen molar-refractivity contribution in [2.75, 3.05) is 24.5 Å². The number of anilines is 1. The summed E-state index contributed by atoms with van der Waals surface area (Å²) in [5.74, 6) is 0.353. The molecule has 112 valence electrons. The van der Waals surface area contributed by atoms with Crippen LogP contribution in [0.15, 0.2) is 18.2 Å². The second-order valence-corrected chi connectivity index (χ2v) is 6.13. The maximum atomic E-state index is 9.69. The Balaban J connectivity index is 2.10. The molecule has 0 amide bonds. The lowest BCUT2D eigenvalue weighted by Crippen LogP contribution is -2.24. The van der Waals surface area contributed by atoms with E-state index in [2.05, 4.69) is 42.3 Å². The van der Waals surface area contributed by atoms with Crippen LogP contribution in [0.4, 0.5) is 5.69 Å². The fourth-order valence-electron chi connectivity index (χ4n) is 2.87. The van der Waals surface area contributed by atoms with Crippen molar-refractivity contribution in [3.05, 3.63) is 28.8 Å². The third-order valence-corrected chi connectivity index (χ3v) is 4.53. The van der Waals surface area contributed by atoms with E-state index < -0.39 is 0 Å². The monoisotopic (exact) mass is 296 g/mol. The Morgan fingerprint density at radius 3 is 2.75 bits per heavy atom. The molecule has 3 atom stereocenters. The fourth-order valence-corrected chi connectivity index (χ4v) is 3.18. The lowest BCUT2D eigenvalue weighted by Gasteiger charge is -2.22. The van der Waals surface area contributed by atoms with Crippen LogP contribution in [0, 0.1) is 5.92 Å². The molecule has 3 nitrogen and oxygen atoms in total. The molecule has 0 spiro atoms. The number of benzene rings is 1. The zero-order valence-electron chi connectivity index (χ0n) is 12.6. The van der Waals surface area contributed by atoms with Crippen molar-refractivity contribution in [1.82, 2.24) is 5.32 Å². The van der Waals surface area contributed by atoms with Crippen LogP contribution in [-0.2, 0) is 0 Å². The van der Waals surface area contributed by atoms with Gasteiger partial charge in [-0.25, -0.2) is 0 Å².